The minimum absolute atomic E-state index is 0.0502. The van der Waals surface area contributed by atoms with Crippen LogP contribution in [0.3, 0.4) is 0 Å². The first kappa shape index (κ1) is 33.9. The maximum Gasteiger partial charge on any atom is 0.415 e. The van der Waals surface area contributed by atoms with Crippen molar-refractivity contribution >= 4 is 52.3 Å². The van der Waals surface area contributed by atoms with E-state index in [4.69, 9.17) is 42.1 Å². The molecule has 48 heavy (non-hydrogen) atoms. The topological polar surface area (TPSA) is 111 Å². The van der Waals surface area contributed by atoms with Crippen molar-refractivity contribution in [1.29, 1.82) is 0 Å². The first-order chi connectivity index (χ1) is 23.2. The summed E-state index contributed by atoms with van der Waals surface area (Å²) in [6, 6.07) is 15.3. The predicted molar refractivity (Wildman–Crippen MR) is 184 cm³/mol. The number of esters is 1. The lowest BCUT2D eigenvalue weighted by Gasteiger charge is -2.44. The number of amides is 1. The molecule has 3 fully saturated rings. The number of aromatic hydroxyl groups is 1. The smallest absolute Gasteiger partial charge is 0.415 e. The largest absolute Gasteiger partial charge is 0.506 e. The second kappa shape index (κ2) is 15.0. The Labute approximate surface area is 292 Å². The number of ether oxygens (including phenoxy) is 4. The highest BCUT2D eigenvalue weighted by atomic mass is 35.5. The van der Waals surface area contributed by atoms with Gasteiger partial charge >= 0.3 is 12.1 Å². The predicted octanol–water partition coefficient (Wildman–Crippen LogP) is 7.55. The number of piperidine rings is 3. The molecule has 0 unspecified atom stereocenters. The fourth-order valence-electron chi connectivity index (χ4n) is 6.19. The van der Waals surface area contributed by atoms with Crippen LogP contribution < -0.4 is 14.4 Å². The van der Waals surface area contributed by atoms with Crippen LogP contribution in [0.4, 0.5) is 10.5 Å². The molecule has 7 rings (SSSR count). The zero-order valence-electron chi connectivity index (χ0n) is 26.4. The van der Waals surface area contributed by atoms with Crippen LogP contribution in [-0.2, 0) is 22.4 Å². The maximum absolute atomic E-state index is 13.7. The van der Waals surface area contributed by atoms with Crippen LogP contribution in [0.2, 0.25) is 10.0 Å². The van der Waals surface area contributed by atoms with Gasteiger partial charge in [-0.15, -0.1) is 11.3 Å². The fourth-order valence-corrected chi connectivity index (χ4v) is 7.59. The van der Waals surface area contributed by atoms with E-state index >= 15 is 0 Å². The standard InChI is InChI=1S/C35H35Cl2N3O7S/c1-44-29-9-7-22(15-31(29)45-2)30(16-24-25(36)17-38-18-26(24)37)46-34(42)33-10-8-23(48-33)19-40(27-5-3-4-6-28(27)41)35(43)47-32-20-39-13-11-21(32)12-14-39/h3-10,15,17-18,21,30,32,41H,11-14,16,19-20H2,1-2H3/t30-,32-/m0/s1. The van der Waals surface area contributed by atoms with Crippen LogP contribution in [0.5, 0.6) is 17.2 Å². The Balaban J connectivity index is 1.23. The van der Waals surface area contributed by atoms with Crippen LogP contribution in [-0.4, -0.2) is 67.0 Å². The van der Waals surface area contributed by atoms with E-state index in [1.807, 2.05) is 0 Å². The van der Waals surface area contributed by atoms with Gasteiger partial charge in [0.25, 0.3) is 0 Å². The van der Waals surface area contributed by atoms with Crippen molar-refractivity contribution in [1.82, 2.24) is 9.88 Å². The summed E-state index contributed by atoms with van der Waals surface area (Å²) in [7, 11) is 3.06. The van der Waals surface area contributed by atoms with E-state index in [0.29, 0.717) is 60.6 Å². The third kappa shape index (κ3) is 7.49. The first-order valence-corrected chi connectivity index (χ1v) is 17.1. The number of phenols is 1. The Morgan fingerprint density at radius 2 is 1.75 bits per heavy atom. The average molecular weight is 713 g/mol. The second-order valence-electron chi connectivity index (χ2n) is 11.7. The van der Waals surface area contributed by atoms with Crippen LogP contribution in [0.15, 0.2) is 67.0 Å². The number of halogens is 2. The Morgan fingerprint density at radius 3 is 2.42 bits per heavy atom. The molecule has 10 nitrogen and oxygen atoms in total. The summed E-state index contributed by atoms with van der Waals surface area (Å²) in [6.07, 6.45) is 3.58. The Morgan fingerprint density at radius 1 is 1.02 bits per heavy atom. The van der Waals surface area contributed by atoms with Gasteiger partial charge in [-0.1, -0.05) is 41.4 Å². The monoisotopic (exact) mass is 711 g/mol. The summed E-state index contributed by atoms with van der Waals surface area (Å²) < 4.78 is 23.0. The second-order valence-corrected chi connectivity index (χ2v) is 13.7. The third-order valence-corrected chi connectivity index (χ3v) is 10.5. The van der Waals surface area contributed by atoms with Gasteiger partial charge in [-0.25, -0.2) is 9.59 Å². The van der Waals surface area contributed by atoms with Crippen molar-refractivity contribution < 1.29 is 33.6 Å². The number of nitrogens with zero attached hydrogens (tertiary/aromatic N) is 3. The van der Waals surface area contributed by atoms with Crippen molar-refractivity contribution in [3.05, 3.63) is 97.9 Å². The van der Waals surface area contributed by atoms with Gasteiger partial charge in [0.15, 0.2) is 11.5 Å². The van der Waals surface area contributed by atoms with Crippen molar-refractivity contribution in [2.45, 2.75) is 38.0 Å². The SMILES string of the molecule is COc1ccc([C@H](Cc2c(Cl)cncc2Cl)OC(=O)c2ccc(CN(C(=O)O[C@H]3CN4CCC3CC4)c3ccccc3O)s2)cc1OC. The van der Waals surface area contributed by atoms with Gasteiger partial charge < -0.3 is 24.1 Å². The van der Waals surface area contributed by atoms with E-state index in [0.717, 1.165) is 25.9 Å². The molecule has 0 spiro atoms. The molecule has 252 valence electrons. The average Bonchev–Trinajstić information content (AvgIpc) is 3.58. The molecule has 3 aliphatic rings. The first-order valence-electron chi connectivity index (χ1n) is 15.5. The van der Waals surface area contributed by atoms with Gasteiger partial charge in [0, 0.05) is 30.2 Å². The maximum atomic E-state index is 13.7. The number of hydrogen-bond acceptors (Lipinski definition) is 10. The fraction of sp³-hybridized carbons (Fsp3) is 0.343. The molecule has 3 saturated heterocycles. The molecule has 2 aromatic heterocycles. The number of thiophene rings is 1. The zero-order chi connectivity index (χ0) is 33.8. The highest BCUT2D eigenvalue weighted by molar-refractivity contribution is 7.14. The lowest BCUT2D eigenvalue weighted by Crippen LogP contribution is -2.53. The van der Waals surface area contributed by atoms with E-state index in [1.165, 1.54) is 48.9 Å². The summed E-state index contributed by atoms with van der Waals surface area (Å²) >= 11 is 14.1. The van der Waals surface area contributed by atoms with Crippen molar-refractivity contribution in [3.8, 4) is 17.2 Å². The Bertz CT molecular complexity index is 1760. The van der Waals surface area contributed by atoms with E-state index in [2.05, 4.69) is 9.88 Å². The molecular weight excluding hydrogens is 677 g/mol. The molecule has 1 N–H and O–H groups in total. The number of rotatable bonds is 11. The number of phenolic OH excluding ortho intramolecular Hbond substituents is 1. The molecule has 0 radical (unpaired) electrons. The number of carbonyl (C=O) groups is 2. The Hall–Kier alpha value is -4.03. The number of pyridine rings is 1. The zero-order valence-corrected chi connectivity index (χ0v) is 28.8. The number of anilines is 1. The van der Waals surface area contributed by atoms with Crippen molar-refractivity contribution in [2.75, 3.05) is 38.8 Å². The summed E-state index contributed by atoms with van der Waals surface area (Å²) in [6.45, 7) is 2.82. The van der Waals surface area contributed by atoms with E-state index in [9.17, 15) is 14.7 Å². The summed E-state index contributed by atoms with van der Waals surface area (Å²) in [5, 5.41) is 11.4. The molecule has 0 saturated carbocycles. The Kier molecular flexibility index (Phi) is 10.6. The van der Waals surface area contributed by atoms with E-state index < -0.39 is 18.2 Å². The molecule has 2 bridgehead atoms. The van der Waals surface area contributed by atoms with Gasteiger partial charge in [-0.05, 0) is 79.4 Å². The molecule has 2 aromatic carbocycles. The van der Waals surface area contributed by atoms with Gasteiger partial charge in [0.05, 0.1) is 36.5 Å². The molecule has 5 heterocycles. The summed E-state index contributed by atoms with van der Waals surface area (Å²) in [4.78, 5) is 36.1. The summed E-state index contributed by atoms with van der Waals surface area (Å²) in [5.74, 6) is 0.692. The van der Waals surface area contributed by atoms with Crippen molar-refractivity contribution in [2.24, 2.45) is 5.92 Å². The molecule has 1 amide bonds. The molecule has 0 aliphatic carbocycles. The number of aromatic nitrogens is 1. The molecule has 2 atom stereocenters. The van der Waals surface area contributed by atoms with Crippen LogP contribution >= 0.6 is 34.5 Å². The van der Waals surface area contributed by atoms with E-state index in [-0.39, 0.29) is 24.8 Å². The van der Waals surface area contributed by atoms with Gasteiger partial charge in [0.2, 0.25) is 0 Å². The number of para-hydroxylation sites is 2. The molecule has 4 aromatic rings. The molecule has 3 aliphatic heterocycles. The summed E-state index contributed by atoms with van der Waals surface area (Å²) in [5.41, 5.74) is 1.54. The number of hydrogen-bond donors (Lipinski definition) is 1. The van der Waals surface area contributed by atoms with Crippen LogP contribution in [0.25, 0.3) is 0 Å². The van der Waals surface area contributed by atoms with Crippen LogP contribution in [0, 0.1) is 5.92 Å². The van der Waals surface area contributed by atoms with Gasteiger partial charge in [-0.3, -0.25) is 14.8 Å². The highest BCUT2D eigenvalue weighted by Crippen LogP contribution is 2.37. The lowest BCUT2D eigenvalue weighted by atomic mass is 9.86. The minimum atomic E-state index is -0.797. The van der Waals surface area contributed by atoms with E-state index in [1.54, 1.807) is 48.5 Å². The quantitative estimate of drug-likeness (QED) is 0.158. The number of carbonyl (C=O) groups excluding carboxylic acids is 2. The van der Waals surface area contributed by atoms with Gasteiger partial charge in [-0.2, -0.15) is 0 Å². The molecule has 13 heteroatoms. The number of benzene rings is 2. The lowest BCUT2D eigenvalue weighted by molar-refractivity contribution is -0.0311. The minimum Gasteiger partial charge on any atom is -0.506 e. The normalized spacial score (nSPS) is 19.0. The third-order valence-electron chi connectivity index (χ3n) is 8.79. The molecular formula is C35H35Cl2N3O7S. The van der Waals surface area contributed by atoms with Crippen LogP contribution in [0.1, 0.15) is 44.6 Å². The van der Waals surface area contributed by atoms with Gasteiger partial charge in [0.1, 0.15) is 22.8 Å². The highest BCUT2D eigenvalue weighted by Gasteiger charge is 2.38. The number of methoxy groups -OCH3 is 2. The van der Waals surface area contributed by atoms with Crippen molar-refractivity contribution in [3.63, 3.8) is 0 Å². The number of fused-ring (bicyclic) bond motifs is 3.